The van der Waals surface area contributed by atoms with Gasteiger partial charge in [-0.25, -0.2) is 9.97 Å². The van der Waals surface area contributed by atoms with Crippen molar-refractivity contribution in [3.8, 4) is 5.75 Å². The zero-order valence-electron chi connectivity index (χ0n) is 19.0. The zero-order chi connectivity index (χ0) is 23.5. The molecule has 0 aliphatic carbocycles. The van der Waals surface area contributed by atoms with E-state index in [0.717, 1.165) is 28.1 Å². The number of pyridine rings is 1. The van der Waals surface area contributed by atoms with E-state index in [-0.39, 0.29) is 23.3 Å². The Morgan fingerprint density at radius 1 is 1.27 bits per heavy atom. The van der Waals surface area contributed by atoms with Crippen LogP contribution >= 0.6 is 0 Å². The van der Waals surface area contributed by atoms with Crippen LogP contribution in [-0.2, 0) is 17.8 Å². The number of aromatic nitrogens is 3. The Morgan fingerprint density at radius 3 is 2.82 bits per heavy atom. The maximum atomic E-state index is 13.2. The van der Waals surface area contributed by atoms with Crippen molar-refractivity contribution in [3.63, 3.8) is 0 Å². The van der Waals surface area contributed by atoms with Gasteiger partial charge >= 0.3 is 0 Å². The molecule has 0 radical (unpaired) electrons. The molecule has 3 heterocycles. The maximum absolute atomic E-state index is 13.2. The number of benzene rings is 1. The molecule has 3 aromatic rings. The number of aryl methyl sites for hydroxylation is 2. The van der Waals surface area contributed by atoms with E-state index in [1.54, 1.807) is 30.1 Å². The number of methoxy groups -OCH3 is 1. The summed E-state index contributed by atoms with van der Waals surface area (Å²) in [6.07, 6.45) is 4.48. The summed E-state index contributed by atoms with van der Waals surface area (Å²) in [5.41, 5.74) is 8.97. The molecule has 0 fully saturated rings. The lowest BCUT2D eigenvalue weighted by atomic mass is 10.1. The van der Waals surface area contributed by atoms with E-state index in [9.17, 15) is 9.59 Å². The number of ether oxygens (including phenoxy) is 1. The summed E-state index contributed by atoms with van der Waals surface area (Å²) in [6, 6.07) is 8.55. The van der Waals surface area contributed by atoms with Crippen LogP contribution < -0.4 is 26.7 Å². The molecule has 4 rings (SSSR count). The molecule has 2 aromatic heterocycles. The van der Waals surface area contributed by atoms with Crippen molar-refractivity contribution in [2.24, 2.45) is 0 Å². The average molecular weight is 449 g/mol. The number of anilines is 2. The predicted molar refractivity (Wildman–Crippen MR) is 126 cm³/mol. The Bertz CT molecular complexity index is 1220. The first-order chi connectivity index (χ1) is 15.9. The van der Waals surface area contributed by atoms with Gasteiger partial charge in [-0.05, 0) is 61.6 Å². The number of amides is 1. The molecule has 1 aliphatic rings. The zero-order valence-corrected chi connectivity index (χ0v) is 19.0. The van der Waals surface area contributed by atoms with Crippen LogP contribution in [0, 0.1) is 6.92 Å². The van der Waals surface area contributed by atoms with Gasteiger partial charge in [-0.1, -0.05) is 12.1 Å². The van der Waals surface area contributed by atoms with Gasteiger partial charge in [0.1, 0.15) is 17.6 Å². The summed E-state index contributed by atoms with van der Waals surface area (Å²) >= 11 is 0. The van der Waals surface area contributed by atoms with Crippen molar-refractivity contribution in [2.45, 2.75) is 45.3 Å². The first-order valence-electron chi connectivity index (χ1n) is 10.9. The van der Waals surface area contributed by atoms with Crippen molar-refractivity contribution in [2.75, 3.05) is 18.2 Å². The minimum atomic E-state index is -0.584. The van der Waals surface area contributed by atoms with Crippen molar-refractivity contribution in [1.82, 2.24) is 19.9 Å². The highest BCUT2D eigenvalue weighted by Crippen LogP contribution is 2.25. The van der Waals surface area contributed by atoms with E-state index >= 15 is 0 Å². The first-order valence-corrected chi connectivity index (χ1v) is 10.9. The van der Waals surface area contributed by atoms with E-state index in [4.69, 9.17) is 10.5 Å². The van der Waals surface area contributed by atoms with Gasteiger partial charge in [0.25, 0.3) is 5.56 Å². The number of carbonyl (C=O) groups is 1. The van der Waals surface area contributed by atoms with Crippen molar-refractivity contribution >= 4 is 17.5 Å². The molecule has 0 saturated carbocycles. The molecular weight excluding hydrogens is 420 g/mol. The number of hydrogen-bond donors (Lipinski definition) is 3. The minimum absolute atomic E-state index is 0.208. The fourth-order valence-corrected chi connectivity index (χ4v) is 4.11. The van der Waals surface area contributed by atoms with Crippen molar-refractivity contribution in [1.29, 1.82) is 0 Å². The first kappa shape index (κ1) is 22.3. The van der Waals surface area contributed by atoms with Gasteiger partial charge < -0.3 is 21.1 Å². The summed E-state index contributed by atoms with van der Waals surface area (Å²) in [6.45, 7) is 4.27. The topological polar surface area (TPSA) is 124 Å². The molecule has 2 atom stereocenters. The third-order valence-corrected chi connectivity index (χ3v) is 5.84. The van der Waals surface area contributed by atoms with Crippen molar-refractivity contribution in [3.05, 3.63) is 75.5 Å². The highest BCUT2D eigenvalue weighted by atomic mass is 16.5. The lowest BCUT2D eigenvalue weighted by Gasteiger charge is -2.19. The third kappa shape index (κ3) is 4.82. The Labute approximate surface area is 192 Å². The number of nitrogens with one attached hydrogen (secondary N) is 2. The SMILES string of the molecule is COc1cc(C)cc(CNc2ncc3n(c2=O)[C@H](C(=O)N[C@H](C)c2ccc(N)nc2)CC3)c1. The number of nitrogen functional groups attached to an aromatic ring is 1. The molecule has 9 nitrogen and oxygen atoms in total. The fraction of sp³-hybridized carbons (Fsp3) is 0.333. The summed E-state index contributed by atoms with van der Waals surface area (Å²) in [5, 5.41) is 6.10. The van der Waals surface area contributed by atoms with Crippen LogP contribution in [0.3, 0.4) is 0 Å². The van der Waals surface area contributed by atoms with Crippen LogP contribution in [0.2, 0.25) is 0 Å². The third-order valence-electron chi connectivity index (χ3n) is 5.84. The van der Waals surface area contributed by atoms with Crippen LogP contribution in [0.1, 0.15) is 47.8 Å². The Balaban J connectivity index is 1.50. The van der Waals surface area contributed by atoms with Gasteiger partial charge in [-0.3, -0.25) is 14.2 Å². The number of fused-ring (bicyclic) bond motifs is 1. The Kier molecular flexibility index (Phi) is 6.30. The van der Waals surface area contributed by atoms with Gasteiger partial charge in [0.05, 0.1) is 13.2 Å². The smallest absolute Gasteiger partial charge is 0.294 e. The monoisotopic (exact) mass is 448 g/mol. The van der Waals surface area contributed by atoms with E-state index in [1.165, 1.54) is 0 Å². The number of rotatable bonds is 7. The lowest BCUT2D eigenvalue weighted by molar-refractivity contribution is -0.124. The van der Waals surface area contributed by atoms with Crippen LogP contribution in [-0.4, -0.2) is 27.6 Å². The molecule has 4 N–H and O–H groups in total. The molecule has 1 amide bonds. The second-order valence-electron chi connectivity index (χ2n) is 8.29. The summed E-state index contributed by atoms with van der Waals surface area (Å²) in [5.74, 6) is 1.19. The molecule has 0 bridgehead atoms. The lowest BCUT2D eigenvalue weighted by Crippen LogP contribution is -2.37. The Morgan fingerprint density at radius 2 is 2.09 bits per heavy atom. The van der Waals surface area contributed by atoms with E-state index in [0.29, 0.717) is 25.2 Å². The quantitative estimate of drug-likeness (QED) is 0.507. The number of carbonyl (C=O) groups excluding carboxylic acids is 1. The van der Waals surface area contributed by atoms with Crippen LogP contribution in [0.25, 0.3) is 0 Å². The maximum Gasteiger partial charge on any atom is 0.294 e. The minimum Gasteiger partial charge on any atom is -0.497 e. The molecular formula is C24H28N6O3. The molecule has 0 unspecified atom stereocenters. The van der Waals surface area contributed by atoms with Gasteiger partial charge in [0.15, 0.2) is 5.82 Å². The molecule has 1 aromatic carbocycles. The van der Waals surface area contributed by atoms with Gasteiger partial charge in [0.2, 0.25) is 5.91 Å². The summed E-state index contributed by atoms with van der Waals surface area (Å²) in [7, 11) is 1.62. The largest absolute Gasteiger partial charge is 0.497 e. The number of nitrogens with two attached hydrogens (primary N) is 1. The normalized spacial score (nSPS) is 15.5. The summed E-state index contributed by atoms with van der Waals surface area (Å²) in [4.78, 5) is 34.6. The fourth-order valence-electron chi connectivity index (χ4n) is 4.11. The van der Waals surface area contributed by atoms with Gasteiger partial charge in [-0.2, -0.15) is 0 Å². The molecule has 172 valence electrons. The van der Waals surface area contributed by atoms with E-state index in [1.807, 2.05) is 38.1 Å². The predicted octanol–water partition coefficient (Wildman–Crippen LogP) is 2.51. The van der Waals surface area contributed by atoms with E-state index in [2.05, 4.69) is 20.6 Å². The van der Waals surface area contributed by atoms with Gasteiger partial charge in [-0.15, -0.1) is 0 Å². The van der Waals surface area contributed by atoms with E-state index < -0.39 is 6.04 Å². The Hall–Kier alpha value is -3.88. The molecule has 0 spiro atoms. The van der Waals surface area contributed by atoms with Crippen molar-refractivity contribution < 1.29 is 9.53 Å². The molecule has 1 aliphatic heterocycles. The van der Waals surface area contributed by atoms with Crippen LogP contribution in [0.15, 0.2) is 47.5 Å². The highest BCUT2D eigenvalue weighted by molar-refractivity contribution is 5.81. The molecule has 0 saturated heterocycles. The molecule has 33 heavy (non-hydrogen) atoms. The highest BCUT2D eigenvalue weighted by Gasteiger charge is 2.31. The average Bonchev–Trinajstić information content (AvgIpc) is 3.24. The second kappa shape index (κ2) is 9.32. The second-order valence-corrected chi connectivity index (χ2v) is 8.29. The van der Waals surface area contributed by atoms with Crippen LogP contribution in [0.4, 0.5) is 11.6 Å². The van der Waals surface area contributed by atoms with Gasteiger partial charge in [0, 0.05) is 24.6 Å². The summed E-state index contributed by atoms with van der Waals surface area (Å²) < 4.78 is 6.87. The number of nitrogens with zero attached hydrogens (tertiary/aromatic N) is 3. The van der Waals surface area contributed by atoms with Crippen LogP contribution in [0.5, 0.6) is 5.75 Å². The standard InChI is InChI=1S/C24H28N6O3/c1-14-8-16(10-19(9-14)33-3)11-27-22-24(32)30-18(13-28-22)5-6-20(30)23(31)29-15(2)17-4-7-21(25)26-12-17/h4,7-10,12-13,15,20H,5-6,11H2,1-3H3,(H2,25,26)(H,27,28)(H,29,31)/t15-,20+/m1/s1. The molecule has 9 heteroatoms. The number of hydrogen-bond acceptors (Lipinski definition) is 7.